The molecule has 0 atom stereocenters. The average molecular weight is 419 g/mol. The van der Waals surface area contributed by atoms with Crippen molar-refractivity contribution in [2.45, 2.75) is 0 Å². The van der Waals surface area contributed by atoms with E-state index in [1.807, 2.05) is 0 Å². The number of hydrazone groups is 1. The Hall–Kier alpha value is -4.53. The van der Waals surface area contributed by atoms with E-state index in [0.29, 0.717) is 11.3 Å². The zero-order chi connectivity index (χ0) is 22.2. The Bertz CT molecular complexity index is 1130. The van der Waals surface area contributed by atoms with Gasteiger partial charge >= 0.3 is 5.97 Å². The van der Waals surface area contributed by atoms with Crippen molar-refractivity contribution in [1.29, 1.82) is 0 Å². The third kappa shape index (κ3) is 5.51. The highest BCUT2D eigenvalue weighted by Gasteiger charge is 2.15. The van der Waals surface area contributed by atoms with Gasteiger partial charge in [0.15, 0.2) is 0 Å². The number of nitro groups is 1. The van der Waals surface area contributed by atoms with Gasteiger partial charge in [-0.05, 0) is 42.5 Å². The molecule has 9 nitrogen and oxygen atoms in total. The van der Waals surface area contributed by atoms with E-state index >= 15 is 0 Å². The van der Waals surface area contributed by atoms with E-state index in [9.17, 15) is 19.7 Å². The molecule has 9 heteroatoms. The molecular formula is C22H17N3O6. The molecule has 0 saturated heterocycles. The molecule has 0 unspecified atom stereocenters. The number of nitro benzene ring substituents is 1. The van der Waals surface area contributed by atoms with Crippen molar-refractivity contribution in [3.05, 3.63) is 99.6 Å². The van der Waals surface area contributed by atoms with E-state index in [1.165, 1.54) is 43.7 Å². The first kappa shape index (κ1) is 21.2. The monoisotopic (exact) mass is 419 g/mol. The molecule has 1 N–H and O–H groups in total. The molecule has 0 radical (unpaired) electrons. The first-order valence-electron chi connectivity index (χ1n) is 9.01. The lowest BCUT2D eigenvalue weighted by molar-refractivity contribution is -0.384. The normalized spacial score (nSPS) is 10.5. The molecule has 3 aromatic rings. The van der Waals surface area contributed by atoms with Crippen molar-refractivity contribution in [2.75, 3.05) is 7.11 Å². The van der Waals surface area contributed by atoms with Crippen LogP contribution in [0.15, 0.2) is 77.9 Å². The molecule has 0 aliphatic carbocycles. The van der Waals surface area contributed by atoms with Crippen LogP contribution in [0, 0.1) is 10.1 Å². The molecule has 1 amide bonds. The SMILES string of the molecule is COc1ccc(C(=O)Oc2ccc([N+](=O)[O-])cc2/C=N/NC(=O)c2ccccc2)cc1. The highest BCUT2D eigenvalue weighted by Crippen LogP contribution is 2.24. The van der Waals surface area contributed by atoms with Crippen LogP contribution in [0.4, 0.5) is 5.69 Å². The lowest BCUT2D eigenvalue weighted by atomic mass is 10.2. The van der Waals surface area contributed by atoms with Crippen LogP contribution in [0.3, 0.4) is 0 Å². The summed E-state index contributed by atoms with van der Waals surface area (Å²) in [5.74, 6) is -0.503. The van der Waals surface area contributed by atoms with Crippen LogP contribution < -0.4 is 14.9 Å². The van der Waals surface area contributed by atoms with E-state index in [1.54, 1.807) is 42.5 Å². The Balaban J connectivity index is 1.80. The topological polar surface area (TPSA) is 120 Å². The Labute approximate surface area is 177 Å². The van der Waals surface area contributed by atoms with Gasteiger partial charge < -0.3 is 9.47 Å². The van der Waals surface area contributed by atoms with Crippen LogP contribution in [0.5, 0.6) is 11.5 Å². The number of hydrogen-bond acceptors (Lipinski definition) is 7. The van der Waals surface area contributed by atoms with Gasteiger partial charge in [-0.3, -0.25) is 14.9 Å². The predicted octanol–water partition coefficient (Wildman–Crippen LogP) is 3.59. The van der Waals surface area contributed by atoms with Gasteiger partial charge in [-0.2, -0.15) is 5.10 Å². The fourth-order valence-electron chi connectivity index (χ4n) is 2.54. The number of nitrogens with one attached hydrogen (secondary N) is 1. The van der Waals surface area contributed by atoms with Crippen LogP contribution >= 0.6 is 0 Å². The molecular weight excluding hydrogens is 402 g/mol. The van der Waals surface area contributed by atoms with Crippen LogP contribution in [0.1, 0.15) is 26.3 Å². The van der Waals surface area contributed by atoms with Crippen LogP contribution in [0.2, 0.25) is 0 Å². The van der Waals surface area contributed by atoms with E-state index in [2.05, 4.69) is 10.5 Å². The summed E-state index contributed by atoms with van der Waals surface area (Å²) in [5, 5.41) is 14.9. The first-order chi connectivity index (χ1) is 15.0. The minimum absolute atomic E-state index is 0.0455. The second-order valence-electron chi connectivity index (χ2n) is 6.16. The molecule has 0 bridgehead atoms. The molecule has 3 rings (SSSR count). The molecule has 156 valence electrons. The Kier molecular flexibility index (Phi) is 6.69. The van der Waals surface area contributed by atoms with E-state index in [0.717, 1.165) is 0 Å². The zero-order valence-electron chi connectivity index (χ0n) is 16.3. The minimum Gasteiger partial charge on any atom is -0.497 e. The number of methoxy groups -OCH3 is 1. The molecule has 0 heterocycles. The van der Waals surface area contributed by atoms with Crippen molar-refractivity contribution in [3.63, 3.8) is 0 Å². The van der Waals surface area contributed by atoms with Gasteiger partial charge in [0.05, 0.1) is 23.8 Å². The summed E-state index contributed by atoms with van der Waals surface area (Å²) in [6.45, 7) is 0. The van der Waals surface area contributed by atoms with Gasteiger partial charge in [0.1, 0.15) is 11.5 Å². The van der Waals surface area contributed by atoms with E-state index < -0.39 is 16.8 Å². The number of amides is 1. The minimum atomic E-state index is -0.667. The molecule has 0 aliphatic rings. The Morgan fingerprint density at radius 1 is 1.00 bits per heavy atom. The van der Waals surface area contributed by atoms with Gasteiger partial charge in [0.2, 0.25) is 0 Å². The van der Waals surface area contributed by atoms with Crippen molar-refractivity contribution >= 4 is 23.8 Å². The standard InChI is InChI=1S/C22H17N3O6/c1-30-19-10-7-16(8-11-19)22(27)31-20-12-9-18(25(28)29)13-17(20)14-23-24-21(26)15-5-3-2-4-6-15/h2-14H,1H3,(H,24,26)/b23-14+. The first-order valence-corrected chi connectivity index (χ1v) is 9.01. The lowest BCUT2D eigenvalue weighted by Gasteiger charge is -2.08. The summed E-state index contributed by atoms with van der Waals surface area (Å²) in [7, 11) is 1.51. The summed E-state index contributed by atoms with van der Waals surface area (Å²) in [6, 6.07) is 18.4. The fraction of sp³-hybridized carbons (Fsp3) is 0.0455. The van der Waals surface area contributed by atoms with Crippen molar-refractivity contribution < 1.29 is 24.0 Å². The highest BCUT2D eigenvalue weighted by molar-refractivity contribution is 5.96. The Morgan fingerprint density at radius 2 is 1.71 bits per heavy atom. The summed E-state index contributed by atoms with van der Waals surface area (Å²) >= 11 is 0. The average Bonchev–Trinajstić information content (AvgIpc) is 2.80. The largest absolute Gasteiger partial charge is 0.497 e. The van der Waals surface area contributed by atoms with Crippen molar-refractivity contribution in [3.8, 4) is 11.5 Å². The second-order valence-corrected chi connectivity index (χ2v) is 6.16. The number of ether oxygens (including phenoxy) is 2. The van der Waals surface area contributed by atoms with Crippen molar-refractivity contribution in [1.82, 2.24) is 5.43 Å². The Morgan fingerprint density at radius 3 is 2.35 bits per heavy atom. The van der Waals surface area contributed by atoms with Gasteiger partial charge in [-0.25, -0.2) is 10.2 Å². The molecule has 0 aliphatic heterocycles. The van der Waals surface area contributed by atoms with Gasteiger partial charge in [-0.15, -0.1) is 0 Å². The number of non-ortho nitro benzene ring substituents is 1. The van der Waals surface area contributed by atoms with E-state index in [4.69, 9.17) is 9.47 Å². The highest BCUT2D eigenvalue weighted by atomic mass is 16.6. The zero-order valence-corrected chi connectivity index (χ0v) is 16.3. The smallest absolute Gasteiger partial charge is 0.343 e. The van der Waals surface area contributed by atoms with E-state index in [-0.39, 0.29) is 22.6 Å². The molecule has 0 saturated carbocycles. The van der Waals surface area contributed by atoms with Crippen LogP contribution in [-0.2, 0) is 0 Å². The number of carbonyl (C=O) groups excluding carboxylic acids is 2. The summed E-state index contributed by atoms with van der Waals surface area (Å²) < 4.78 is 10.4. The maximum Gasteiger partial charge on any atom is 0.343 e. The van der Waals surface area contributed by atoms with Gasteiger partial charge in [-0.1, -0.05) is 18.2 Å². The third-order valence-electron chi connectivity index (χ3n) is 4.14. The molecule has 0 fully saturated rings. The number of hydrogen-bond donors (Lipinski definition) is 1. The number of rotatable bonds is 7. The number of nitrogens with zero attached hydrogens (tertiary/aromatic N) is 2. The van der Waals surface area contributed by atoms with Gasteiger partial charge in [0, 0.05) is 23.3 Å². The quantitative estimate of drug-likeness (QED) is 0.205. The predicted molar refractivity (Wildman–Crippen MR) is 113 cm³/mol. The number of benzene rings is 3. The lowest BCUT2D eigenvalue weighted by Crippen LogP contribution is -2.17. The van der Waals surface area contributed by atoms with Crippen LogP contribution in [-0.4, -0.2) is 30.1 Å². The summed E-state index contributed by atoms with van der Waals surface area (Å²) in [6.07, 6.45) is 1.17. The molecule has 3 aromatic carbocycles. The van der Waals surface area contributed by atoms with Crippen molar-refractivity contribution in [2.24, 2.45) is 5.10 Å². The number of esters is 1. The summed E-state index contributed by atoms with van der Waals surface area (Å²) in [5.41, 5.74) is 2.90. The maximum absolute atomic E-state index is 12.4. The molecule has 31 heavy (non-hydrogen) atoms. The molecule has 0 aromatic heterocycles. The molecule has 0 spiro atoms. The maximum atomic E-state index is 12.4. The van der Waals surface area contributed by atoms with Crippen LogP contribution in [0.25, 0.3) is 0 Å². The fourth-order valence-corrected chi connectivity index (χ4v) is 2.54. The third-order valence-corrected chi connectivity index (χ3v) is 4.14. The summed E-state index contributed by atoms with van der Waals surface area (Å²) in [4.78, 5) is 35.0. The second kappa shape index (κ2) is 9.79. The van der Waals surface area contributed by atoms with Gasteiger partial charge in [0.25, 0.3) is 11.6 Å². The number of carbonyl (C=O) groups is 2.